The van der Waals surface area contributed by atoms with Gasteiger partial charge in [0.1, 0.15) is 34.8 Å². The van der Waals surface area contributed by atoms with Crippen molar-refractivity contribution in [1.82, 2.24) is 0 Å². The standard InChI is InChI=1S/C26H24ClNO6/c1-13-6-8-18(14(2)10-13)28-23(19-9-7-15(3)34-19)22(25(30)26(28)31)24(29)16-11-21(33-5)17(27)12-20(16)32-4/h6-12,23,29H,1-5H3/b24-22+. The Morgan fingerprint density at radius 3 is 2.29 bits per heavy atom. The molecule has 1 amide bonds. The third-order valence-electron chi connectivity index (χ3n) is 5.82. The van der Waals surface area contributed by atoms with Crippen molar-refractivity contribution in [3.63, 3.8) is 0 Å². The summed E-state index contributed by atoms with van der Waals surface area (Å²) in [5.41, 5.74) is 2.41. The van der Waals surface area contributed by atoms with Crippen molar-refractivity contribution in [2.75, 3.05) is 19.1 Å². The molecule has 1 aliphatic heterocycles. The summed E-state index contributed by atoms with van der Waals surface area (Å²) >= 11 is 6.21. The number of ether oxygens (including phenoxy) is 2. The first kappa shape index (κ1) is 23.4. The number of ketones is 1. The van der Waals surface area contributed by atoms with Crippen LogP contribution in [-0.2, 0) is 9.59 Å². The predicted molar refractivity (Wildman–Crippen MR) is 129 cm³/mol. The van der Waals surface area contributed by atoms with Gasteiger partial charge in [-0.15, -0.1) is 0 Å². The number of amides is 1. The van der Waals surface area contributed by atoms with E-state index in [0.29, 0.717) is 17.2 Å². The first-order valence-electron chi connectivity index (χ1n) is 10.5. The highest BCUT2D eigenvalue weighted by molar-refractivity contribution is 6.51. The second kappa shape index (κ2) is 8.91. The number of aliphatic hydroxyl groups is 1. The molecule has 1 saturated heterocycles. The molecule has 8 heteroatoms. The summed E-state index contributed by atoms with van der Waals surface area (Å²) in [4.78, 5) is 28.0. The molecule has 3 aromatic rings. The highest BCUT2D eigenvalue weighted by Gasteiger charge is 2.49. The number of methoxy groups -OCH3 is 2. The van der Waals surface area contributed by atoms with E-state index < -0.39 is 23.5 Å². The van der Waals surface area contributed by atoms with Crippen molar-refractivity contribution < 1.29 is 28.6 Å². The Balaban J connectivity index is 2.00. The molecule has 2 aromatic carbocycles. The van der Waals surface area contributed by atoms with Crippen LogP contribution in [0.3, 0.4) is 0 Å². The van der Waals surface area contributed by atoms with E-state index in [1.807, 2.05) is 26.0 Å². The van der Waals surface area contributed by atoms with Crippen LogP contribution in [0.1, 0.15) is 34.3 Å². The molecular formula is C26H24ClNO6. The monoisotopic (exact) mass is 481 g/mol. The molecule has 1 atom stereocenters. The van der Waals surface area contributed by atoms with Crippen LogP contribution in [0.5, 0.6) is 11.5 Å². The van der Waals surface area contributed by atoms with Gasteiger partial charge in [0.25, 0.3) is 11.7 Å². The van der Waals surface area contributed by atoms with Crippen LogP contribution < -0.4 is 14.4 Å². The fraction of sp³-hybridized carbons (Fsp3) is 0.231. The maximum absolute atomic E-state index is 13.3. The Kier molecular flexibility index (Phi) is 6.15. The lowest BCUT2D eigenvalue weighted by Crippen LogP contribution is -2.30. The molecular weight excluding hydrogens is 458 g/mol. The molecule has 0 spiro atoms. The van der Waals surface area contributed by atoms with Gasteiger partial charge in [-0.2, -0.15) is 0 Å². The molecule has 2 heterocycles. The number of hydrogen-bond donors (Lipinski definition) is 1. The molecule has 4 rings (SSSR count). The zero-order valence-electron chi connectivity index (χ0n) is 19.4. The van der Waals surface area contributed by atoms with Gasteiger partial charge in [0.05, 0.1) is 30.4 Å². The third-order valence-corrected chi connectivity index (χ3v) is 6.11. The minimum atomic E-state index is -0.985. The molecule has 1 unspecified atom stereocenters. The smallest absolute Gasteiger partial charge is 0.300 e. The SMILES string of the molecule is COc1cc(/C(O)=C2\C(=O)C(=O)N(c3ccc(C)cc3C)C2c2ccc(C)o2)c(OC)cc1Cl. The fourth-order valence-electron chi connectivity index (χ4n) is 4.22. The highest BCUT2D eigenvalue weighted by atomic mass is 35.5. The zero-order chi connectivity index (χ0) is 24.7. The van der Waals surface area contributed by atoms with Crippen molar-refractivity contribution in [2.24, 2.45) is 0 Å². The number of carbonyl (C=O) groups excluding carboxylic acids is 2. The average molecular weight is 482 g/mol. The fourth-order valence-corrected chi connectivity index (χ4v) is 4.45. The lowest BCUT2D eigenvalue weighted by atomic mass is 9.98. The number of halogens is 1. The van der Waals surface area contributed by atoms with E-state index >= 15 is 0 Å². The number of hydrogen-bond acceptors (Lipinski definition) is 6. The zero-order valence-corrected chi connectivity index (χ0v) is 20.2. The van der Waals surface area contributed by atoms with E-state index in [9.17, 15) is 14.7 Å². The molecule has 0 bridgehead atoms. The number of benzene rings is 2. The summed E-state index contributed by atoms with van der Waals surface area (Å²) in [5.74, 6) is -0.588. The van der Waals surface area contributed by atoms with Crippen molar-refractivity contribution in [3.8, 4) is 11.5 Å². The van der Waals surface area contributed by atoms with Crippen molar-refractivity contribution >= 4 is 34.7 Å². The Labute approximate surface area is 202 Å². The minimum absolute atomic E-state index is 0.123. The summed E-state index contributed by atoms with van der Waals surface area (Å²) in [6.07, 6.45) is 0. The Bertz CT molecular complexity index is 1340. The van der Waals surface area contributed by atoms with Crippen LogP contribution in [0.15, 0.2) is 52.5 Å². The van der Waals surface area contributed by atoms with Crippen molar-refractivity contribution in [3.05, 3.63) is 81.3 Å². The molecule has 1 aromatic heterocycles. The summed E-state index contributed by atoms with van der Waals surface area (Å²) < 4.78 is 16.5. The van der Waals surface area contributed by atoms with E-state index in [1.165, 1.54) is 31.3 Å². The molecule has 1 N–H and O–H groups in total. The number of anilines is 1. The number of Topliss-reactive ketones (excluding diaryl/α,β-unsaturated/α-hetero) is 1. The molecule has 1 fully saturated rings. The summed E-state index contributed by atoms with van der Waals surface area (Å²) in [7, 11) is 2.85. The first-order chi connectivity index (χ1) is 16.2. The largest absolute Gasteiger partial charge is 0.507 e. The molecule has 176 valence electrons. The number of rotatable bonds is 5. The van der Waals surface area contributed by atoms with Crippen molar-refractivity contribution in [1.29, 1.82) is 0 Å². The topological polar surface area (TPSA) is 89.2 Å². The van der Waals surface area contributed by atoms with Gasteiger partial charge in [-0.25, -0.2) is 0 Å². The van der Waals surface area contributed by atoms with Gasteiger partial charge in [-0.05, 0) is 50.6 Å². The van der Waals surface area contributed by atoms with Gasteiger partial charge in [0.15, 0.2) is 0 Å². The minimum Gasteiger partial charge on any atom is -0.507 e. The van der Waals surface area contributed by atoms with Gasteiger partial charge in [-0.3, -0.25) is 14.5 Å². The summed E-state index contributed by atoms with van der Waals surface area (Å²) in [5, 5.41) is 11.7. The maximum Gasteiger partial charge on any atom is 0.300 e. The number of furan rings is 1. The number of carbonyl (C=O) groups is 2. The molecule has 0 radical (unpaired) electrons. The second-order valence-electron chi connectivity index (χ2n) is 8.09. The van der Waals surface area contributed by atoms with Gasteiger partial charge < -0.3 is 19.0 Å². The lowest BCUT2D eigenvalue weighted by Gasteiger charge is -2.25. The van der Waals surface area contributed by atoms with Gasteiger partial charge in [0.2, 0.25) is 0 Å². The van der Waals surface area contributed by atoms with Gasteiger partial charge in [-0.1, -0.05) is 29.3 Å². The summed E-state index contributed by atoms with van der Waals surface area (Å²) in [6, 6.07) is 10.9. The van der Waals surface area contributed by atoms with E-state index in [1.54, 1.807) is 25.1 Å². The summed E-state index contributed by atoms with van der Waals surface area (Å²) in [6.45, 7) is 5.57. The van der Waals surface area contributed by atoms with Gasteiger partial charge in [0, 0.05) is 11.8 Å². The number of nitrogens with zero attached hydrogens (tertiary/aromatic N) is 1. The highest BCUT2D eigenvalue weighted by Crippen LogP contribution is 2.45. The predicted octanol–water partition coefficient (Wildman–Crippen LogP) is 5.50. The third kappa shape index (κ3) is 3.82. The van der Waals surface area contributed by atoms with E-state index in [-0.39, 0.29) is 27.7 Å². The van der Waals surface area contributed by atoms with E-state index in [4.69, 9.17) is 25.5 Å². The molecule has 0 saturated carbocycles. The number of aliphatic hydroxyl groups excluding tert-OH is 1. The van der Waals surface area contributed by atoms with Crippen molar-refractivity contribution in [2.45, 2.75) is 26.8 Å². The molecule has 7 nitrogen and oxygen atoms in total. The van der Waals surface area contributed by atoms with Gasteiger partial charge >= 0.3 is 0 Å². The first-order valence-corrected chi connectivity index (χ1v) is 10.9. The Morgan fingerprint density at radius 2 is 1.71 bits per heavy atom. The molecule has 34 heavy (non-hydrogen) atoms. The number of aryl methyl sites for hydroxylation is 3. The Morgan fingerprint density at radius 1 is 1.00 bits per heavy atom. The van der Waals surface area contributed by atoms with E-state index in [0.717, 1.165) is 11.1 Å². The van der Waals surface area contributed by atoms with Crippen LogP contribution in [0.2, 0.25) is 5.02 Å². The van der Waals surface area contributed by atoms with Crippen LogP contribution in [0, 0.1) is 20.8 Å². The Hall–Kier alpha value is -3.71. The maximum atomic E-state index is 13.3. The molecule has 0 aliphatic carbocycles. The second-order valence-corrected chi connectivity index (χ2v) is 8.50. The van der Waals surface area contributed by atoms with Crippen LogP contribution >= 0.6 is 11.6 Å². The normalized spacial score (nSPS) is 17.4. The van der Waals surface area contributed by atoms with Crippen LogP contribution in [0.4, 0.5) is 5.69 Å². The average Bonchev–Trinajstić information content (AvgIpc) is 3.34. The van der Waals surface area contributed by atoms with E-state index in [2.05, 4.69) is 0 Å². The van der Waals surface area contributed by atoms with Crippen LogP contribution in [0.25, 0.3) is 5.76 Å². The molecule has 1 aliphatic rings. The van der Waals surface area contributed by atoms with Crippen LogP contribution in [-0.4, -0.2) is 31.0 Å². The quantitative estimate of drug-likeness (QED) is 0.294. The lowest BCUT2D eigenvalue weighted by molar-refractivity contribution is -0.132.